The summed E-state index contributed by atoms with van der Waals surface area (Å²) < 4.78 is 0. The van der Waals surface area contributed by atoms with Crippen LogP contribution in [-0.2, 0) is 4.79 Å². The maximum absolute atomic E-state index is 11.0. The molecule has 0 fully saturated rings. The zero-order valence-electron chi connectivity index (χ0n) is 10.8. The maximum atomic E-state index is 11.0. The molecule has 4 heteroatoms. The van der Waals surface area contributed by atoms with E-state index in [9.17, 15) is 4.79 Å². The van der Waals surface area contributed by atoms with Gasteiger partial charge in [0.15, 0.2) is 0 Å². The molecule has 0 aromatic carbocycles. The Kier molecular flexibility index (Phi) is 19.3. The van der Waals surface area contributed by atoms with Crippen molar-refractivity contribution in [3.05, 3.63) is 20.2 Å². The number of carbonyl (C=O) groups excluding carboxylic acids is 1. The number of hydrogen-bond donors (Lipinski definition) is 0. The number of nitrogens with zero attached hydrogens (tertiary/aromatic N) is 2. The van der Waals surface area contributed by atoms with Crippen LogP contribution in [0.1, 0.15) is 27.2 Å². The van der Waals surface area contributed by atoms with E-state index in [2.05, 4.69) is 31.0 Å². The van der Waals surface area contributed by atoms with Crippen LogP contribution in [0.25, 0.3) is 5.32 Å². The van der Waals surface area contributed by atoms with Crippen LogP contribution in [0, 0.1) is 14.9 Å². The molecule has 3 nitrogen and oxygen atoms in total. The maximum Gasteiger partial charge on any atom is 0.0652 e. The first-order valence-electron chi connectivity index (χ1n) is 4.48. The second kappa shape index (κ2) is 12.4. The average Bonchev–Trinajstić information content (AvgIpc) is 2.03. The molecule has 0 aliphatic carbocycles. The molecule has 1 radical (unpaired) electrons. The summed E-state index contributed by atoms with van der Waals surface area (Å²) in [5.74, 6) is -0.0304. The summed E-state index contributed by atoms with van der Waals surface area (Å²) in [4.78, 5) is 13.1. The fraction of sp³-hybridized carbons (Fsp3) is 0.727. The van der Waals surface area contributed by atoms with E-state index in [1.807, 2.05) is 0 Å². The minimum absolute atomic E-state index is 0. The Labute approximate surface area is 89.9 Å². The molecule has 103 valence electrons. The molecule has 0 saturated carbocycles. The van der Waals surface area contributed by atoms with Gasteiger partial charge in [-0.05, 0) is 26.8 Å². The van der Waals surface area contributed by atoms with Crippen LogP contribution in [0.15, 0.2) is 0 Å². The Balaban J connectivity index is -0.000000202. The molecule has 0 aliphatic rings. The molecule has 0 aromatic heterocycles. The third-order valence-corrected chi connectivity index (χ3v) is 1.83. The molecule has 0 heterocycles. The Morgan fingerprint density at radius 2 is 1.80 bits per heavy atom. The van der Waals surface area contributed by atoms with Crippen molar-refractivity contribution < 1.29 is 4.79 Å². The Hall–Kier alpha value is -1.57. The quantitative estimate of drug-likeness (QED) is 0.588. The van der Waals surface area contributed by atoms with Crippen LogP contribution < -0.4 is 0 Å². The van der Waals surface area contributed by atoms with Crippen molar-refractivity contribution in [1.29, 1.82) is 0 Å². The standard InChI is InChI=1S/C9H20N2O.2CH3.Lr/c1-5-6-11(8(2)3)7-9(12)10-4;;;/h8H,5-7H2,1-4H3,(H,10,12);2*1H3;/q;2*-1;/p-1. The van der Waals surface area contributed by atoms with Crippen LogP contribution in [0.2, 0.25) is 0 Å². The van der Waals surface area contributed by atoms with Crippen molar-refractivity contribution in [2.24, 2.45) is 0 Å². The zero-order chi connectivity index (χ0) is 9.56. The molecule has 1 amide bonds. The van der Waals surface area contributed by atoms with Crippen LogP contribution in [0.5, 0.6) is 0 Å². The summed E-state index contributed by atoms with van der Waals surface area (Å²) in [6.07, 6.45) is 1.08. The second-order valence-electron chi connectivity index (χ2n) is 3.18. The van der Waals surface area contributed by atoms with Crippen LogP contribution in [-0.4, -0.2) is 37.0 Å². The molecule has 0 rings (SSSR count). The monoisotopic (exact) mass is 463 g/mol. The topological polar surface area (TPSA) is 34.4 Å². The van der Waals surface area contributed by atoms with E-state index in [-0.39, 0.29) is 20.8 Å². The summed E-state index contributed by atoms with van der Waals surface area (Å²) in [7, 11) is 1.55. The van der Waals surface area contributed by atoms with Crippen molar-refractivity contribution in [1.82, 2.24) is 4.90 Å². The van der Waals surface area contributed by atoms with Crippen molar-refractivity contribution in [2.75, 3.05) is 20.1 Å². The number of hydrogen-bond acceptors (Lipinski definition) is 2. The van der Waals surface area contributed by atoms with Gasteiger partial charge in [0.1, 0.15) is 0 Å². The fourth-order valence-corrected chi connectivity index (χ4v) is 1.05. The Morgan fingerprint density at radius 3 is 2.07 bits per heavy atom. The van der Waals surface area contributed by atoms with E-state index in [4.69, 9.17) is 0 Å². The molecule has 0 atom stereocenters. The van der Waals surface area contributed by atoms with E-state index in [0.717, 1.165) is 13.0 Å². The van der Waals surface area contributed by atoms with Gasteiger partial charge in [-0.15, -0.1) is 7.05 Å². The predicted molar refractivity (Wildman–Crippen MR) is 64.1 cm³/mol. The van der Waals surface area contributed by atoms with Gasteiger partial charge in [-0.2, -0.15) is 0 Å². The first-order valence-corrected chi connectivity index (χ1v) is 4.48. The predicted octanol–water partition coefficient (Wildman–Crippen LogP) is 2.54. The van der Waals surface area contributed by atoms with Gasteiger partial charge in [0.2, 0.25) is 0 Å². The molecule has 15 heavy (non-hydrogen) atoms. The number of amides is 1. The summed E-state index contributed by atoms with van der Waals surface area (Å²) in [5, 5.41) is 3.61. The van der Waals surface area contributed by atoms with E-state index in [1.165, 1.54) is 0 Å². The summed E-state index contributed by atoms with van der Waals surface area (Å²) >= 11 is 0. The van der Waals surface area contributed by atoms with Gasteiger partial charge in [0.25, 0.3) is 0 Å². The molecule has 0 aromatic rings. The molecular weight excluding hydrogens is 438 g/mol. The number of rotatable bonds is 5. The van der Waals surface area contributed by atoms with Crippen molar-refractivity contribution in [3.8, 4) is 0 Å². The fourth-order valence-electron chi connectivity index (χ4n) is 1.05. The van der Waals surface area contributed by atoms with E-state index < -0.39 is 0 Å². The van der Waals surface area contributed by atoms with E-state index in [0.29, 0.717) is 12.6 Å². The molecular formula is C11H25LrN2O-3. The van der Waals surface area contributed by atoms with E-state index >= 15 is 0 Å². The zero-order valence-corrected chi connectivity index (χ0v) is 12.9. The summed E-state index contributed by atoms with van der Waals surface area (Å²) in [5.41, 5.74) is 0. The van der Waals surface area contributed by atoms with Crippen LogP contribution in [0.4, 0.5) is 0 Å². The molecule has 0 unspecified atom stereocenters. The van der Waals surface area contributed by atoms with E-state index in [1.54, 1.807) is 7.05 Å². The molecule has 0 bridgehead atoms. The van der Waals surface area contributed by atoms with Gasteiger partial charge < -0.3 is 25.0 Å². The van der Waals surface area contributed by atoms with Gasteiger partial charge in [-0.25, -0.2) is 0 Å². The third-order valence-electron chi connectivity index (χ3n) is 1.83. The number of carbonyl (C=O) groups is 1. The molecule has 0 N–H and O–H groups in total. The van der Waals surface area contributed by atoms with Crippen molar-refractivity contribution in [3.63, 3.8) is 0 Å². The smallest absolute Gasteiger partial charge is 0.0652 e. The second-order valence-corrected chi connectivity index (χ2v) is 3.18. The van der Waals surface area contributed by atoms with Crippen LogP contribution >= 0.6 is 0 Å². The average molecular weight is 463 g/mol. The molecule has 0 aliphatic heterocycles. The summed E-state index contributed by atoms with van der Waals surface area (Å²) in [6, 6.07) is 0.427. The minimum Gasteiger partial charge on any atom is -0.655 e. The normalized spacial score (nSPS) is 8.67. The van der Waals surface area contributed by atoms with Gasteiger partial charge in [0, 0.05) is 12.6 Å². The van der Waals surface area contributed by atoms with Gasteiger partial charge in [0.05, 0.1) is 5.91 Å². The van der Waals surface area contributed by atoms with Gasteiger partial charge >= 0.3 is 0 Å². The molecule has 0 saturated heterocycles. The third kappa shape index (κ3) is 10.4. The first-order chi connectivity index (χ1) is 5.61. The first kappa shape index (κ1) is 23.3. The molecule has 0 spiro atoms. The Bertz CT molecular complexity index is 141. The van der Waals surface area contributed by atoms with Gasteiger partial charge in [-0.3, -0.25) is 4.90 Å². The minimum atomic E-state index is -0.0304. The van der Waals surface area contributed by atoms with Crippen molar-refractivity contribution >= 4 is 5.91 Å². The summed E-state index contributed by atoms with van der Waals surface area (Å²) in [6.45, 7) is 7.74. The largest absolute Gasteiger partial charge is 0.655 e. The number of likely N-dealkylation sites (N-methyl/N-ethyl adjacent to an activating group) is 1. The van der Waals surface area contributed by atoms with Gasteiger partial charge in [-0.1, -0.05) is 6.92 Å². The Morgan fingerprint density at radius 1 is 1.33 bits per heavy atom. The SMILES string of the molecule is CCCN(CC(=O)[N-]C)C(C)C.[CH3-].[CH3-].[Lr]. The van der Waals surface area contributed by atoms with Crippen LogP contribution in [0.3, 0.4) is 0 Å². The van der Waals surface area contributed by atoms with Crippen molar-refractivity contribution in [2.45, 2.75) is 33.2 Å².